The predicted octanol–water partition coefficient (Wildman–Crippen LogP) is 2.32. The summed E-state index contributed by atoms with van der Waals surface area (Å²) in [6.45, 7) is 2.59. The summed E-state index contributed by atoms with van der Waals surface area (Å²) in [7, 11) is 0. The third-order valence-corrected chi connectivity index (χ3v) is 7.44. The fourth-order valence-corrected chi connectivity index (χ4v) is 5.34. The van der Waals surface area contributed by atoms with Crippen LogP contribution in [0.5, 0.6) is 6.01 Å². The summed E-state index contributed by atoms with van der Waals surface area (Å²) in [4.78, 5) is 32.4. The van der Waals surface area contributed by atoms with Crippen LogP contribution >= 0.6 is 0 Å². The molecule has 236 valence electrons. The SMILES string of the molecule is CCOc1nc2cccc(C(=O)OCc3[nH+]onc3-c3ccccc3)c2n1Cc1ccc(-c2ccccc2-c2noc(=O)[nH]2)cc1.[I-]. The standard InChI is InChI=1S/C34H26N6O6.HI/c1-2-43-33-35-27-14-8-13-26(32(41)44-20-28-29(38-46-37-28)23-9-4-3-5-10-23)30(27)40(33)19-21-15-17-22(18-16-21)24-11-6-7-12-25(24)31-36-34(42)45-39-31;/h3-18H,2,19-20H2,1H3,(H,36,39,42);1H. The van der Waals surface area contributed by atoms with Gasteiger partial charge in [0.2, 0.25) is 5.69 Å². The zero-order chi connectivity index (χ0) is 31.5. The van der Waals surface area contributed by atoms with E-state index in [9.17, 15) is 9.59 Å². The number of imidazole rings is 1. The van der Waals surface area contributed by atoms with Crippen LogP contribution in [0.25, 0.3) is 44.8 Å². The second-order valence-electron chi connectivity index (χ2n) is 10.3. The number of carbonyl (C=O) groups excluding carboxylic acids is 1. The molecule has 0 saturated carbocycles. The van der Waals surface area contributed by atoms with Gasteiger partial charge in [0.25, 0.3) is 11.7 Å². The van der Waals surface area contributed by atoms with Crippen molar-refractivity contribution in [3.63, 3.8) is 0 Å². The lowest BCUT2D eigenvalue weighted by Crippen LogP contribution is -3.00. The first-order valence-corrected chi connectivity index (χ1v) is 14.5. The number of hydrogen-bond donors (Lipinski definition) is 1. The molecule has 47 heavy (non-hydrogen) atoms. The Labute approximate surface area is 284 Å². The van der Waals surface area contributed by atoms with Crippen LogP contribution in [0.2, 0.25) is 0 Å². The number of ether oxygens (including phenoxy) is 2. The van der Waals surface area contributed by atoms with Crippen LogP contribution in [-0.2, 0) is 17.9 Å². The number of nitrogens with zero attached hydrogens (tertiary/aromatic N) is 4. The van der Waals surface area contributed by atoms with Crippen LogP contribution in [0, 0.1) is 0 Å². The monoisotopic (exact) mass is 742 g/mol. The quantitative estimate of drug-likeness (QED) is 0.165. The molecule has 0 spiro atoms. The van der Waals surface area contributed by atoms with E-state index in [1.165, 1.54) is 0 Å². The molecule has 4 aromatic carbocycles. The van der Waals surface area contributed by atoms with Crippen molar-refractivity contribution in [3.05, 3.63) is 124 Å². The second-order valence-corrected chi connectivity index (χ2v) is 10.3. The average Bonchev–Trinajstić information content (AvgIpc) is 3.83. The van der Waals surface area contributed by atoms with E-state index in [0.717, 1.165) is 27.8 Å². The van der Waals surface area contributed by atoms with Crippen LogP contribution in [0.15, 0.2) is 111 Å². The smallest absolute Gasteiger partial charge is 0.439 e. The minimum absolute atomic E-state index is 0. The van der Waals surface area contributed by atoms with Gasteiger partial charge < -0.3 is 33.5 Å². The van der Waals surface area contributed by atoms with Gasteiger partial charge in [-0.1, -0.05) is 99.9 Å². The number of fused-ring (bicyclic) bond motifs is 1. The van der Waals surface area contributed by atoms with E-state index in [0.29, 0.717) is 53.0 Å². The molecule has 0 saturated heterocycles. The summed E-state index contributed by atoms with van der Waals surface area (Å²) >= 11 is 0. The van der Waals surface area contributed by atoms with E-state index in [1.807, 2.05) is 96.4 Å². The molecule has 0 radical (unpaired) electrons. The number of carbonyl (C=O) groups is 1. The molecule has 2 N–H and O–H groups in total. The molecule has 0 aliphatic carbocycles. The zero-order valence-corrected chi connectivity index (χ0v) is 27.1. The highest BCUT2D eigenvalue weighted by molar-refractivity contribution is 6.02. The van der Waals surface area contributed by atoms with Gasteiger partial charge in [0.05, 0.1) is 29.7 Å². The number of rotatable bonds is 10. The third kappa shape index (κ3) is 6.42. The number of benzene rings is 4. The first-order chi connectivity index (χ1) is 22.6. The molecule has 0 atom stereocenters. The number of aromatic nitrogens is 6. The molecule has 7 rings (SSSR count). The van der Waals surface area contributed by atoms with Gasteiger partial charge in [-0.15, -0.1) is 0 Å². The van der Waals surface area contributed by atoms with Gasteiger partial charge >= 0.3 is 11.7 Å². The molecule has 0 amide bonds. The van der Waals surface area contributed by atoms with Crippen molar-refractivity contribution in [2.75, 3.05) is 6.61 Å². The largest absolute Gasteiger partial charge is 1.00 e. The second kappa shape index (κ2) is 13.8. The number of hydrogen-bond acceptors (Lipinski definition) is 9. The fraction of sp³-hybridized carbons (Fsp3) is 0.118. The summed E-state index contributed by atoms with van der Waals surface area (Å²) in [5.74, 6) is -0.787. The van der Waals surface area contributed by atoms with E-state index in [-0.39, 0.29) is 30.6 Å². The molecular formula is C34H27IN6O6. The summed E-state index contributed by atoms with van der Waals surface area (Å²) in [5.41, 5.74) is 6.98. The zero-order valence-electron chi connectivity index (χ0n) is 25.0. The summed E-state index contributed by atoms with van der Waals surface area (Å²) in [5, 5.41) is 10.6. The van der Waals surface area contributed by atoms with Crippen molar-refractivity contribution in [2.24, 2.45) is 0 Å². The van der Waals surface area contributed by atoms with Gasteiger partial charge in [0, 0.05) is 11.1 Å². The Hall–Kier alpha value is -5.57. The molecule has 3 aromatic heterocycles. The lowest BCUT2D eigenvalue weighted by molar-refractivity contribution is -0.631. The third-order valence-electron chi connectivity index (χ3n) is 7.44. The molecule has 13 heteroatoms. The molecule has 0 aliphatic heterocycles. The first kappa shape index (κ1) is 31.4. The Balaban J connectivity index is 0.00000386. The summed E-state index contributed by atoms with van der Waals surface area (Å²) in [6.07, 6.45) is 0. The van der Waals surface area contributed by atoms with Gasteiger partial charge in [-0.25, -0.2) is 9.59 Å². The molecule has 0 fully saturated rings. The van der Waals surface area contributed by atoms with Crippen molar-refractivity contribution < 1.29 is 52.6 Å². The van der Waals surface area contributed by atoms with Gasteiger partial charge in [-0.2, -0.15) is 4.98 Å². The predicted molar refractivity (Wildman–Crippen MR) is 166 cm³/mol. The van der Waals surface area contributed by atoms with E-state index in [2.05, 4.69) is 25.4 Å². The van der Waals surface area contributed by atoms with Crippen LogP contribution in [-0.4, -0.2) is 37.4 Å². The lowest BCUT2D eigenvalue weighted by atomic mass is 9.98. The van der Waals surface area contributed by atoms with Crippen molar-refractivity contribution in [2.45, 2.75) is 20.1 Å². The number of aromatic amines is 2. The van der Waals surface area contributed by atoms with Crippen LogP contribution in [0.3, 0.4) is 0 Å². The normalized spacial score (nSPS) is 10.9. The first-order valence-electron chi connectivity index (χ1n) is 14.5. The van der Waals surface area contributed by atoms with E-state index >= 15 is 0 Å². The van der Waals surface area contributed by atoms with Crippen LogP contribution in [0.4, 0.5) is 0 Å². The fourth-order valence-electron chi connectivity index (χ4n) is 5.34. The van der Waals surface area contributed by atoms with Crippen molar-refractivity contribution >= 4 is 17.0 Å². The topological polar surface area (TPSA) is 152 Å². The minimum Gasteiger partial charge on any atom is -1.00 e. The van der Waals surface area contributed by atoms with Crippen molar-refractivity contribution in [3.8, 4) is 39.8 Å². The molecule has 0 bridgehead atoms. The maximum Gasteiger partial charge on any atom is 0.439 e. The summed E-state index contributed by atoms with van der Waals surface area (Å²) < 4.78 is 23.3. The Kier molecular flexibility index (Phi) is 9.24. The Morgan fingerprint density at radius 1 is 0.894 bits per heavy atom. The number of halogens is 1. The number of H-pyrrole nitrogens is 2. The maximum absolute atomic E-state index is 13.5. The van der Waals surface area contributed by atoms with Gasteiger partial charge in [0.15, 0.2) is 17.6 Å². The van der Waals surface area contributed by atoms with Crippen molar-refractivity contribution in [1.29, 1.82) is 0 Å². The minimum atomic E-state index is -0.616. The van der Waals surface area contributed by atoms with Crippen LogP contribution < -0.4 is 39.6 Å². The molecule has 0 unspecified atom stereocenters. The highest BCUT2D eigenvalue weighted by Crippen LogP contribution is 2.31. The molecule has 0 aliphatic rings. The average molecular weight is 743 g/mol. The van der Waals surface area contributed by atoms with Gasteiger partial charge in [-0.3, -0.25) is 14.1 Å². The Bertz CT molecular complexity index is 2200. The van der Waals surface area contributed by atoms with Gasteiger partial charge in [-0.05, 0) is 35.7 Å². The van der Waals surface area contributed by atoms with E-state index in [1.54, 1.807) is 12.1 Å². The highest BCUT2D eigenvalue weighted by Gasteiger charge is 2.24. The van der Waals surface area contributed by atoms with Crippen LogP contribution in [0.1, 0.15) is 28.5 Å². The van der Waals surface area contributed by atoms with E-state index < -0.39 is 11.7 Å². The maximum atomic E-state index is 13.5. The van der Waals surface area contributed by atoms with E-state index in [4.69, 9.17) is 18.6 Å². The Morgan fingerprint density at radius 3 is 2.40 bits per heavy atom. The highest BCUT2D eigenvalue weighted by atomic mass is 127. The lowest BCUT2D eigenvalue weighted by Gasteiger charge is -2.12. The number of nitrogens with one attached hydrogen (secondary N) is 2. The molecular weight excluding hydrogens is 715 g/mol. The number of esters is 1. The van der Waals surface area contributed by atoms with Gasteiger partial charge in [0.1, 0.15) is 0 Å². The Morgan fingerprint density at radius 2 is 1.66 bits per heavy atom. The summed E-state index contributed by atoms with van der Waals surface area (Å²) in [6, 6.07) is 30.8. The number of para-hydroxylation sites is 1. The molecule has 12 nitrogen and oxygen atoms in total. The molecule has 7 aromatic rings. The van der Waals surface area contributed by atoms with Crippen molar-refractivity contribution in [1.82, 2.24) is 24.8 Å². The molecule has 3 heterocycles.